The van der Waals surface area contributed by atoms with E-state index in [2.05, 4.69) is 30.6 Å². The first-order valence-corrected chi connectivity index (χ1v) is 25.0. The second kappa shape index (κ2) is 17.4. The number of carbonyl (C=O) groups excluding carboxylic acids is 2. The molecule has 0 saturated carbocycles. The highest BCUT2D eigenvalue weighted by atomic mass is 35.5. The van der Waals surface area contributed by atoms with Gasteiger partial charge in [-0.15, -0.1) is 0 Å². The van der Waals surface area contributed by atoms with Crippen LogP contribution in [0.5, 0.6) is 11.8 Å². The van der Waals surface area contributed by atoms with E-state index in [9.17, 15) is 86.1 Å². The van der Waals surface area contributed by atoms with Crippen molar-refractivity contribution in [3.05, 3.63) is 134 Å². The van der Waals surface area contributed by atoms with Crippen LogP contribution in [0.4, 0.5) is 23.0 Å². The van der Waals surface area contributed by atoms with Crippen molar-refractivity contribution in [1.29, 1.82) is 0 Å². The van der Waals surface area contributed by atoms with Crippen LogP contribution in [0.25, 0.3) is 22.0 Å². The number of pyridine rings is 1. The lowest BCUT2D eigenvalue weighted by atomic mass is 9.80. The maximum absolute atomic E-state index is 14.6. The minimum atomic E-state index is -5.66. The number of aromatic nitrogens is 4. The van der Waals surface area contributed by atoms with E-state index in [-0.39, 0.29) is 17.2 Å². The molecule has 0 saturated heterocycles. The molecule has 0 radical (unpaired) electrons. The first kappa shape index (κ1) is 49.4. The van der Waals surface area contributed by atoms with Crippen LogP contribution in [0.15, 0.2) is 109 Å². The van der Waals surface area contributed by atoms with E-state index >= 15 is 0 Å². The third-order valence-corrected chi connectivity index (χ3v) is 13.9. The zero-order valence-corrected chi connectivity index (χ0v) is 38.4. The van der Waals surface area contributed by atoms with E-state index in [1.165, 1.54) is 24.3 Å². The molecular weight excluding hydrogens is 1050 g/mol. The van der Waals surface area contributed by atoms with Gasteiger partial charge in [-0.3, -0.25) is 32.6 Å². The molecule has 7 aromatic rings. The number of hydrogen-bond acceptors (Lipinski definition) is 19. The quantitative estimate of drug-likeness (QED) is 0.0535. The SMILES string of the molecule is O=C(O)c1cc(Oc2nc(Cl)nc(Nc3cc(Nc4cc(S(=O)(=O)O)c5[nH]c(=O)c(C(=O)c6cccc(S(=O)(=O)O)c6)c6c5c4C(=O)c4ccccc4-6)c(S(=O)(=O)O)cc3S(=O)(=O)O)n2)cc(C(=O)O)c1. The summed E-state index contributed by atoms with van der Waals surface area (Å²) in [5, 5.41) is 22.3. The molecule has 0 unspecified atom stereocenters. The molecule has 0 bridgehead atoms. The van der Waals surface area contributed by atoms with Gasteiger partial charge in [0, 0.05) is 22.1 Å². The number of halogens is 1. The van der Waals surface area contributed by atoms with Crippen molar-refractivity contribution in [3.8, 4) is 22.9 Å². The predicted octanol–water partition coefficient (Wildman–Crippen LogP) is 4.47. The number of fused-ring (bicyclic) bond motifs is 2. The topological polar surface area (TPSA) is 431 Å². The number of benzene rings is 5. The van der Waals surface area contributed by atoms with Gasteiger partial charge in [-0.05, 0) is 65.7 Å². The number of H-pyrrole nitrogens is 1. The van der Waals surface area contributed by atoms with Gasteiger partial charge >= 0.3 is 17.9 Å². The third kappa shape index (κ3) is 9.51. The number of nitrogens with one attached hydrogen (secondary N) is 3. The number of carboxylic acid groups (broad SMARTS) is 2. The molecule has 364 valence electrons. The number of rotatable bonds is 14. The van der Waals surface area contributed by atoms with E-state index in [1.807, 2.05) is 0 Å². The van der Waals surface area contributed by atoms with Crippen molar-refractivity contribution in [2.45, 2.75) is 19.6 Å². The molecule has 0 spiro atoms. The van der Waals surface area contributed by atoms with Gasteiger partial charge in [0.25, 0.3) is 46.0 Å². The molecule has 31 heteroatoms. The number of aromatic carboxylic acids is 2. The Morgan fingerprint density at radius 1 is 0.592 bits per heavy atom. The van der Waals surface area contributed by atoms with Crippen molar-refractivity contribution in [2.24, 2.45) is 0 Å². The number of carbonyl (C=O) groups is 4. The summed E-state index contributed by atoms with van der Waals surface area (Å²) < 4.78 is 148. The average Bonchev–Trinajstić information content (AvgIpc) is 3.26. The summed E-state index contributed by atoms with van der Waals surface area (Å²) in [4.78, 5) is 75.0. The fourth-order valence-electron chi connectivity index (χ4n) is 7.34. The van der Waals surface area contributed by atoms with Crippen molar-refractivity contribution in [1.82, 2.24) is 19.9 Å². The number of hydrogen-bond donors (Lipinski definition) is 9. The Balaban J connectivity index is 1.36. The number of anilines is 4. The summed E-state index contributed by atoms with van der Waals surface area (Å²) in [5.74, 6) is -6.69. The first-order valence-electron chi connectivity index (χ1n) is 18.9. The van der Waals surface area contributed by atoms with Gasteiger partial charge in [0.1, 0.15) is 20.4 Å². The van der Waals surface area contributed by atoms with Gasteiger partial charge in [-0.2, -0.15) is 48.6 Å². The molecule has 5 aromatic carbocycles. The molecular formula is C40H23ClN6O20S4. The molecule has 1 aliphatic rings. The van der Waals surface area contributed by atoms with Crippen molar-refractivity contribution < 1.29 is 86.0 Å². The number of carboxylic acids is 2. The lowest BCUT2D eigenvalue weighted by molar-refractivity contribution is 0.0695. The molecule has 0 aliphatic heterocycles. The standard InChI is InChI=1S/C40H23ClN6O20S4/c41-38-45-39(47-40(46-38)67-18-9-16(36(51)52)8-17(10-18)37(53)54)43-23-12-22(25(69(58,59)60)14-26(23)70(61,62)63)42-24-13-27(71(64,65)66)32-30-28(20-6-1-2-7-21(20)34(49)29(24)30)31(35(50)44-32)33(48)15-4-3-5-19(11-15)68(55,56)57/h1-14,42H,(H,44,50)(H,51,52)(H,53,54)(H,55,56,57)(H,58,59,60)(H,61,62,63)(H,64,65,66)(H,43,45,46,47). The Hall–Kier alpha value is -8.07. The van der Waals surface area contributed by atoms with E-state index in [4.69, 9.17) is 16.3 Å². The Kier molecular flexibility index (Phi) is 12.1. The van der Waals surface area contributed by atoms with Gasteiger partial charge in [-0.1, -0.05) is 36.4 Å². The third-order valence-electron chi connectivity index (χ3n) is 10.2. The lowest BCUT2D eigenvalue weighted by Gasteiger charge is -2.25. The predicted molar refractivity (Wildman–Crippen MR) is 241 cm³/mol. The minimum absolute atomic E-state index is 0.175. The van der Waals surface area contributed by atoms with E-state index in [0.717, 1.165) is 36.4 Å². The first-order chi connectivity index (χ1) is 33.0. The Morgan fingerprint density at radius 2 is 1.18 bits per heavy atom. The number of aromatic amines is 1. The smallest absolute Gasteiger partial charge is 0.335 e. The van der Waals surface area contributed by atoms with E-state index in [1.54, 1.807) is 0 Å². The van der Waals surface area contributed by atoms with Gasteiger partial charge in [-0.25, -0.2) is 9.59 Å². The minimum Gasteiger partial charge on any atom is -0.478 e. The van der Waals surface area contributed by atoms with Crippen molar-refractivity contribution in [3.63, 3.8) is 0 Å². The fraction of sp³-hybridized carbons (Fsp3) is 0. The van der Waals surface area contributed by atoms with Crippen LogP contribution < -0.4 is 20.9 Å². The molecule has 2 aromatic heterocycles. The molecule has 0 amide bonds. The second-order valence-electron chi connectivity index (χ2n) is 14.6. The van der Waals surface area contributed by atoms with Crippen LogP contribution in [0.2, 0.25) is 5.28 Å². The zero-order chi connectivity index (χ0) is 51.9. The molecule has 71 heavy (non-hydrogen) atoms. The monoisotopic (exact) mass is 1070 g/mol. The van der Waals surface area contributed by atoms with Crippen molar-refractivity contribution >= 4 is 109 Å². The largest absolute Gasteiger partial charge is 0.478 e. The highest BCUT2D eigenvalue weighted by molar-refractivity contribution is 7.87. The van der Waals surface area contributed by atoms with Crippen LogP contribution in [0.3, 0.4) is 0 Å². The number of ketones is 2. The molecule has 0 atom stereocenters. The highest BCUT2D eigenvalue weighted by Crippen LogP contribution is 2.46. The van der Waals surface area contributed by atoms with Crippen LogP contribution in [-0.2, 0) is 40.5 Å². The summed E-state index contributed by atoms with van der Waals surface area (Å²) in [6, 6.07) is 11.8. The van der Waals surface area contributed by atoms with Crippen LogP contribution in [0, 0.1) is 0 Å². The van der Waals surface area contributed by atoms with Gasteiger partial charge in [0.05, 0.1) is 49.7 Å². The average molecular weight is 1070 g/mol. The lowest BCUT2D eigenvalue weighted by Crippen LogP contribution is -2.25. The maximum Gasteiger partial charge on any atom is 0.335 e. The van der Waals surface area contributed by atoms with Gasteiger partial charge < -0.3 is 30.6 Å². The van der Waals surface area contributed by atoms with Crippen LogP contribution in [-0.4, -0.2) is 106 Å². The van der Waals surface area contributed by atoms with E-state index in [0.29, 0.717) is 18.2 Å². The van der Waals surface area contributed by atoms with E-state index < -0.39 is 173 Å². The Bertz CT molecular complexity index is 4100. The second-order valence-corrected chi connectivity index (χ2v) is 20.6. The summed E-state index contributed by atoms with van der Waals surface area (Å²) in [5.41, 5.74) is -8.90. The molecule has 8 rings (SSSR count). The summed E-state index contributed by atoms with van der Waals surface area (Å²) in [6.45, 7) is 0. The molecule has 26 nitrogen and oxygen atoms in total. The maximum atomic E-state index is 14.6. The zero-order valence-electron chi connectivity index (χ0n) is 34.3. The summed E-state index contributed by atoms with van der Waals surface area (Å²) >= 11 is 6.06. The molecule has 1 aliphatic carbocycles. The molecule has 9 N–H and O–H groups in total. The normalized spacial score (nSPS) is 12.5. The number of ether oxygens (including phenoxy) is 1. The fourth-order valence-corrected chi connectivity index (χ4v) is 10.1. The number of nitrogens with zero attached hydrogens (tertiary/aromatic N) is 3. The Labute approximate surface area is 400 Å². The Morgan fingerprint density at radius 3 is 1.76 bits per heavy atom. The summed E-state index contributed by atoms with van der Waals surface area (Å²) in [7, 11) is -21.7. The van der Waals surface area contributed by atoms with Gasteiger partial charge in [0.15, 0.2) is 11.6 Å². The van der Waals surface area contributed by atoms with Crippen molar-refractivity contribution in [2.75, 3.05) is 10.6 Å². The molecule has 2 heterocycles. The van der Waals surface area contributed by atoms with Gasteiger partial charge in [0.2, 0.25) is 11.2 Å². The van der Waals surface area contributed by atoms with Crippen LogP contribution in [0.1, 0.15) is 52.6 Å². The van der Waals surface area contributed by atoms with Crippen LogP contribution >= 0.6 is 11.6 Å². The summed E-state index contributed by atoms with van der Waals surface area (Å²) in [6.07, 6.45) is 0. The molecule has 0 fully saturated rings. The highest BCUT2D eigenvalue weighted by Gasteiger charge is 2.37.